The summed E-state index contributed by atoms with van der Waals surface area (Å²) < 4.78 is 6.49. The van der Waals surface area contributed by atoms with Crippen LogP contribution in [0.25, 0.3) is 0 Å². The Bertz CT molecular complexity index is 287. The van der Waals surface area contributed by atoms with Crippen LogP contribution >= 0.6 is 0 Å². The number of rotatable bonds is 6. The van der Waals surface area contributed by atoms with Crippen molar-refractivity contribution in [3.63, 3.8) is 0 Å². The van der Waals surface area contributed by atoms with Crippen LogP contribution in [0.3, 0.4) is 0 Å². The summed E-state index contributed by atoms with van der Waals surface area (Å²) in [6, 6.07) is 0. The van der Waals surface area contributed by atoms with Crippen LogP contribution in [0.2, 0.25) is 18.1 Å². The largest absolute Gasteiger partial charge is 0.413 e. The molecule has 2 nitrogen and oxygen atoms in total. The number of allylic oxidation sites excluding steroid dienone is 1. The molecule has 0 heterocycles. The van der Waals surface area contributed by atoms with Crippen LogP contribution in [-0.2, 0) is 9.22 Å². The van der Waals surface area contributed by atoms with Gasteiger partial charge in [0.15, 0.2) is 8.32 Å². The Kier molecular flexibility index (Phi) is 6.51. The number of carbonyl (C=O) groups is 1. The second kappa shape index (κ2) is 6.67. The smallest absolute Gasteiger partial charge is 0.192 e. The maximum absolute atomic E-state index is 10.4. The van der Waals surface area contributed by atoms with Gasteiger partial charge in [0, 0.05) is 0 Å². The molecule has 0 aliphatic rings. The summed E-state index contributed by atoms with van der Waals surface area (Å²) in [4.78, 5) is 10.4. The molecular formula is C15H30O2Si. The van der Waals surface area contributed by atoms with Crippen molar-refractivity contribution in [2.24, 2.45) is 11.8 Å². The standard InChI is InChI=1S/C15H30O2Si/c1-12(2)14(13(3)10-9-11-16)17-18(7,8)15(4,5)6/h9-14H,1-8H3/b10-9+/t13-,14-/m0/s1. The normalized spacial score (nSPS) is 17.2. The first-order valence-electron chi connectivity index (χ1n) is 6.82. The van der Waals surface area contributed by atoms with E-state index in [9.17, 15) is 4.79 Å². The van der Waals surface area contributed by atoms with Gasteiger partial charge in [-0.05, 0) is 36.0 Å². The third kappa shape index (κ3) is 5.07. The van der Waals surface area contributed by atoms with Gasteiger partial charge in [0.25, 0.3) is 0 Å². The molecule has 0 fully saturated rings. The van der Waals surface area contributed by atoms with Crippen molar-refractivity contribution in [2.75, 3.05) is 0 Å². The van der Waals surface area contributed by atoms with Crippen LogP contribution in [-0.4, -0.2) is 20.7 Å². The number of hydrogen-bond donors (Lipinski definition) is 0. The molecule has 106 valence electrons. The summed E-state index contributed by atoms with van der Waals surface area (Å²) >= 11 is 0. The van der Waals surface area contributed by atoms with E-state index >= 15 is 0 Å². The summed E-state index contributed by atoms with van der Waals surface area (Å²) in [5.41, 5.74) is 0. The van der Waals surface area contributed by atoms with E-state index in [1.807, 2.05) is 6.08 Å². The highest BCUT2D eigenvalue weighted by Crippen LogP contribution is 2.39. The molecule has 3 heteroatoms. The van der Waals surface area contributed by atoms with E-state index in [0.717, 1.165) is 6.29 Å². The average molecular weight is 270 g/mol. The van der Waals surface area contributed by atoms with Gasteiger partial charge in [0.1, 0.15) is 6.29 Å². The fourth-order valence-electron chi connectivity index (χ4n) is 1.70. The van der Waals surface area contributed by atoms with E-state index in [-0.39, 0.29) is 17.1 Å². The van der Waals surface area contributed by atoms with Crippen LogP contribution in [0.4, 0.5) is 0 Å². The molecule has 0 saturated heterocycles. The van der Waals surface area contributed by atoms with Gasteiger partial charge >= 0.3 is 0 Å². The first-order valence-corrected chi connectivity index (χ1v) is 9.73. The fraction of sp³-hybridized carbons (Fsp3) is 0.800. The second-order valence-corrected chi connectivity index (χ2v) is 11.7. The van der Waals surface area contributed by atoms with Crippen LogP contribution < -0.4 is 0 Å². The number of aldehydes is 1. The molecule has 2 atom stereocenters. The molecule has 0 rings (SSSR count). The molecule has 0 aliphatic carbocycles. The predicted molar refractivity (Wildman–Crippen MR) is 81.3 cm³/mol. The summed E-state index contributed by atoms with van der Waals surface area (Å²) in [5.74, 6) is 0.717. The second-order valence-electron chi connectivity index (χ2n) is 6.97. The molecule has 0 aromatic carbocycles. The van der Waals surface area contributed by atoms with E-state index in [2.05, 4.69) is 54.6 Å². The lowest BCUT2D eigenvalue weighted by molar-refractivity contribution is -0.104. The van der Waals surface area contributed by atoms with Crippen LogP contribution in [0.1, 0.15) is 41.5 Å². The Morgan fingerprint density at radius 1 is 1.11 bits per heavy atom. The minimum absolute atomic E-state index is 0.182. The molecule has 0 N–H and O–H groups in total. The highest BCUT2D eigenvalue weighted by atomic mass is 28.4. The minimum atomic E-state index is -1.75. The molecule has 0 aromatic heterocycles. The Morgan fingerprint density at radius 2 is 1.61 bits per heavy atom. The SMILES string of the molecule is CC(C)[C@H](O[Si](C)(C)C(C)(C)C)[C@@H](C)/C=C/C=O. The molecule has 18 heavy (non-hydrogen) atoms. The Balaban J connectivity index is 4.94. The molecule has 0 unspecified atom stereocenters. The van der Waals surface area contributed by atoms with Crippen molar-refractivity contribution in [1.82, 2.24) is 0 Å². The van der Waals surface area contributed by atoms with Crippen molar-refractivity contribution < 1.29 is 9.22 Å². The first kappa shape index (κ1) is 17.6. The highest BCUT2D eigenvalue weighted by Gasteiger charge is 2.40. The van der Waals surface area contributed by atoms with Gasteiger partial charge < -0.3 is 4.43 Å². The zero-order chi connectivity index (χ0) is 14.6. The van der Waals surface area contributed by atoms with Gasteiger partial charge in [-0.2, -0.15) is 0 Å². The van der Waals surface area contributed by atoms with Gasteiger partial charge in [0.05, 0.1) is 6.10 Å². The van der Waals surface area contributed by atoms with Crippen molar-refractivity contribution >= 4 is 14.6 Å². The van der Waals surface area contributed by atoms with Gasteiger partial charge in [0.2, 0.25) is 0 Å². The molecule has 0 bridgehead atoms. The van der Waals surface area contributed by atoms with Gasteiger partial charge in [-0.1, -0.05) is 47.6 Å². The van der Waals surface area contributed by atoms with E-state index in [0.29, 0.717) is 5.92 Å². The lowest BCUT2D eigenvalue weighted by Gasteiger charge is -2.42. The Labute approximate surface area is 114 Å². The molecular weight excluding hydrogens is 240 g/mol. The van der Waals surface area contributed by atoms with E-state index in [1.165, 1.54) is 0 Å². The molecule has 0 amide bonds. The highest BCUT2D eigenvalue weighted by molar-refractivity contribution is 6.74. The predicted octanol–water partition coefficient (Wildman–Crippen LogP) is 4.42. The summed E-state index contributed by atoms with van der Waals surface area (Å²) in [7, 11) is -1.75. The zero-order valence-electron chi connectivity index (χ0n) is 13.3. The van der Waals surface area contributed by atoms with E-state index in [4.69, 9.17) is 4.43 Å². The molecule has 0 spiro atoms. The van der Waals surface area contributed by atoms with E-state index in [1.54, 1.807) is 6.08 Å². The number of hydrogen-bond acceptors (Lipinski definition) is 2. The lowest BCUT2D eigenvalue weighted by atomic mass is 9.95. The molecule has 0 radical (unpaired) electrons. The van der Waals surface area contributed by atoms with Crippen LogP contribution in [0.5, 0.6) is 0 Å². The van der Waals surface area contributed by atoms with Crippen LogP contribution in [0.15, 0.2) is 12.2 Å². The average Bonchev–Trinajstić information content (AvgIpc) is 2.20. The van der Waals surface area contributed by atoms with Gasteiger partial charge in [-0.3, -0.25) is 4.79 Å². The molecule has 0 saturated carbocycles. The maximum atomic E-state index is 10.4. The monoisotopic (exact) mass is 270 g/mol. The Hall–Kier alpha value is -0.413. The fourth-order valence-corrected chi connectivity index (χ4v) is 3.22. The van der Waals surface area contributed by atoms with E-state index < -0.39 is 8.32 Å². The third-order valence-electron chi connectivity index (χ3n) is 3.91. The number of carbonyl (C=O) groups excluding carboxylic acids is 1. The van der Waals surface area contributed by atoms with Crippen molar-refractivity contribution in [3.05, 3.63) is 12.2 Å². The first-order chi connectivity index (χ1) is 8.03. The lowest BCUT2D eigenvalue weighted by Crippen LogP contribution is -2.46. The summed E-state index contributed by atoms with van der Waals surface area (Å²) in [6.45, 7) is 17.8. The summed E-state index contributed by atoms with van der Waals surface area (Å²) in [6.07, 6.45) is 4.54. The maximum Gasteiger partial charge on any atom is 0.192 e. The van der Waals surface area contributed by atoms with Crippen molar-refractivity contribution in [3.8, 4) is 0 Å². The zero-order valence-corrected chi connectivity index (χ0v) is 14.3. The summed E-state index contributed by atoms with van der Waals surface area (Å²) in [5, 5.41) is 0.217. The Morgan fingerprint density at radius 3 is 1.94 bits per heavy atom. The van der Waals surface area contributed by atoms with Gasteiger partial charge in [-0.25, -0.2) is 0 Å². The topological polar surface area (TPSA) is 26.3 Å². The molecule has 0 aromatic rings. The quantitative estimate of drug-likeness (QED) is 0.405. The van der Waals surface area contributed by atoms with Crippen molar-refractivity contribution in [1.29, 1.82) is 0 Å². The molecule has 0 aliphatic heterocycles. The third-order valence-corrected chi connectivity index (χ3v) is 8.38. The van der Waals surface area contributed by atoms with Crippen molar-refractivity contribution in [2.45, 2.75) is 65.8 Å². The minimum Gasteiger partial charge on any atom is -0.413 e. The van der Waals surface area contributed by atoms with Crippen LogP contribution in [0, 0.1) is 11.8 Å². The van der Waals surface area contributed by atoms with Gasteiger partial charge in [-0.15, -0.1) is 0 Å².